The van der Waals surface area contributed by atoms with Crippen LogP contribution in [0, 0.1) is 0 Å². The lowest BCUT2D eigenvalue weighted by atomic mass is 9.88. The Morgan fingerprint density at radius 3 is 2.48 bits per heavy atom. The van der Waals surface area contributed by atoms with Crippen LogP contribution in [0.15, 0.2) is 12.4 Å². The van der Waals surface area contributed by atoms with E-state index in [1.807, 2.05) is 17.9 Å². The van der Waals surface area contributed by atoms with Gasteiger partial charge in [-0.05, 0) is 58.2 Å². The number of nitrogens with two attached hydrogens (primary N) is 1. The Bertz CT molecular complexity index is 418. The third-order valence-corrected chi connectivity index (χ3v) is 4.96. The molecule has 1 saturated heterocycles. The Morgan fingerprint density at radius 2 is 1.95 bits per heavy atom. The van der Waals surface area contributed by atoms with Gasteiger partial charge in [0, 0.05) is 24.8 Å². The van der Waals surface area contributed by atoms with Gasteiger partial charge in [0.05, 0.1) is 6.20 Å². The molecule has 0 aliphatic carbocycles. The van der Waals surface area contributed by atoms with Gasteiger partial charge in [-0.2, -0.15) is 5.10 Å². The third-order valence-electron chi connectivity index (χ3n) is 4.96. The summed E-state index contributed by atoms with van der Waals surface area (Å²) in [6, 6.07) is 0.288. The van der Waals surface area contributed by atoms with Crippen LogP contribution < -0.4 is 11.3 Å². The Morgan fingerprint density at radius 1 is 1.29 bits per heavy atom. The first-order valence-corrected chi connectivity index (χ1v) is 8.22. The van der Waals surface area contributed by atoms with Crippen LogP contribution in [0.1, 0.15) is 51.5 Å². The largest absolute Gasteiger partial charge is 0.297 e. The zero-order valence-corrected chi connectivity index (χ0v) is 13.8. The van der Waals surface area contributed by atoms with E-state index in [2.05, 4.69) is 35.5 Å². The Balaban J connectivity index is 1.96. The van der Waals surface area contributed by atoms with Crippen molar-refractivity contribution in [2.24, 2.45) is 12.9 Å². The van der Waals surface area contributed by atoms with E-state index in [-0.39, 0.29) is 11.6 Å². The van der Waals surface area contributed by atoms with Gasteiger partial charge in [0.1, 0.15) is 0 Å². The molecule has 0 spiro atoms. The molecule has 1 atom stereocenters. The SMILES string of the molecule is Cn1cc(CCC(NN)C(C)(C)N2CCCCCC2)cn1. The molecular weight excluding hydrogens is 262 g/mol. The van der Waals surface area contributed by atoms with Gasteiger partial charge in [0.2, 0.25) is 0 Å². The van der Waals surface area contributed by atoms with Gasteiger partial charge in [-0.3, -0.25) is 20.9 Å². The van der Waals surface area contributed by atoms with Crippen LogP contribution in [-0.2, 0) is 13.5 Å². The van der Waals surface area contributed by atoms with Crippen LogP contribution in [0.5, 0.6) is 0 Å². The predicted octanol–water partition coefficient (Wildman–Crippen LogP) is 1.84. The zero-order chi connectivity index (χ0) is 15.3. The number of nitrogens with zero attached hydrogens (tertiary/aromatic N) is 3. The van der Waals surface area contributed by atoms with Gasteiger partial charge in [0.25, 0.3) is 0 Å². The van der Waals surface area contributed by atoms with E-state index >= 15 is 0 Å². The Hall–Kier alpha value is -0.910. The minimum atomic E-state index is 0.0846. The van der Waals surface area contributed by atoms with E-state index in [4.69, 9.17) is 5.84 Å². The summed E-state index contributed by atoms with van der Waals surface area (Å²) in [4.78, 5) is 2.62. The first kappa shape index (κ1) is 16.5. The third kappa shape index (κ3) is 4.28. The number of hydrogen-bond donors (Lipinski definition) is 2. The van der Waals surface area contributed by atoms with Crippen LogP contribution in [0.4, 0.5) is 0 Å². The molecule has 21 heavy (non-hydrogen) atoms. The smallest absolute Gasteiger partial charge is 0.0521 e. The minimum Gasteiger partial charge on any atom is -0.297 e. The quantitative estimate of drug-likeness (QED) is 0.621. The number of aromatic nitrogens is 2. The molecule has 2 rings (SSSR count). The van der Waals surface area contributed by atoms with Crippen LogP contribution >= 0.6 is 0 Å². The number of likely N-dealkylation sites (tertiary alicyclic amines) is 1. The topological polar surface area (TPSA) is 59.1 Å². The summed E-state index contributed by atoms with van der Waals surface area (Å²) < 4.78 is 1.86. The maximum Gasteiger partial charge on any atom is 0.0521 e. The number of aryl methyl sites for hydroxylation is 2. The van der Waals surface area contributed by atoms with Crippen molar-refractivity contribution in [2.45, 2.75) is 64.0 Å². The molecule has 1 aromatic heterocycles. The van der Waals surface area contributed by atoms with Gasteiger partial charge >= 0.3 is 0 Å². The lowest BCUT2D eigenvalue weighted by Gasteiger charge is -2.43. The average Bonchev–Trinajstić information content (AvgIpc) is 2.70. The summed E-state index contributed by atoms with van der Waals surface area (Å²) in [6.45, 7) is 7.04. The molecule has 0 saturated carbocycles. The highest BCUT2D eigenvalue weighted by atomic mass is 15.3. The fraction of sp³-hybridized carbons (Fsp3) is 0.812. The van der Waals surface area contributed by atoms with Crippen molar-refractivity contribution < 1.29 is 0 Å². The minimum absolute atomic E-state index is 0.0846. The van der Waals surface area contributed by atoms with E-state index < -0.39 is 0 Å². The van der Waals surface area contributed by atoms with Crippen molar-refractivity contribution in [1.29, 1.82) is 0 Å². The van der Waals surface area contributed by atoms with E-state index in [0.29, 0.717) is 0 Å². The van der Waals surface area contributed by atoms with Gasteiger partial charge in [-0.15, -0.1) is 0 Å². The summed E-state index contributed by atoms with van der Waals surface area (Å²) in [5.74, 6) is 5.88. The number of rotatable bonds is 6. The zero-order valence-electron chi connectivity index (χ0n) is 13.8. The molecule has 1 aliphatic heterocycles. The molecule has 5 nitrogen and oxygen atoms in total. The first-order valence-electron chi connectivity index (χ1n) is 8.22. The lowest BCUT2D eigenvalue weighted by Crippen LogP contribution is -2.59. The van der Waals surface area contributed by atoms with Gasteiger partial charge < -0.3 is 0 Å². The fourth-order valence-electron chi connectivity index (χ4n) is 3.42. The molecule has 120 valence electrons. The molecule has 2 heterocycles. The second kappa shape index (κ2) is 7.38. The van der Waals surface area contributed by atoms with E-state index in [9.17, 15) is 0 Å². The Labute approximate surface area is 128 Å². The summed E-state index contributed by atoms with van der Waals surface area (Å²) in [5.41, 5.74) is 4.43. The van der Waals surface area contributed by atoms with Crippen molar-refractivity contribution in [3.8, 4) is 0 Å². The number of hydrogen-bond acceptors (Lipinski definition) is 4. The molecule has 3 N–H and O–H groups in total. The van der Waals surface area contributed by atoms with Crippen LogP contribution in [0.3, 0.4) is 0 Å². The lowest BCUT2D eigenvalue weighted by molar-refractivity contribution is 0.0802. The normalized spacial score (nSPS) is 19.4. The van der Waals surface area contributed by atoms with Gasteiger partial charge in [0.15, 0.2) is 0 Å². The highest BCUT2D eigenvalue weighted by Gasteiger charge is 2.34. The molecule has 0 radical (unpaired) electrons. The maximum atomic E-state index is 5.88. The monoisotopic (exact) mass is 293 g/mol. The summed E-state index contributed by atoms with van der Waals surface area (Å²) in [6.07, 6.45) is 11.4. The van der Waals surface area contributed by atoms with Crippen LogP contribution in [-0.4, -0.2) is 39.4 Å². The van der Waals surface area contributed by atoms with E-state index in [1.54, 1.807) is 0 Å². The number of nitrogens with one attached hydrogen (secondary N) is 1. The average molecular weight is 293 g/mol. The van der Waals surface area contributed by atoms with Crippen molar-refractivity contribution >= 4 is 0 Å². The van der Waals surface area contributed by atoms with Crippen LogP contribution in [0.25, 0.3) is 0 Å². The summed E-state index contributed by atoms with van der Waals surface area (Å²) in [7, 11) is 1.96. The molecule has 0 bridgehead atoms. The van der Waals surface area contributed by atoms with Gasteiger partial charge in [-0.1, -0.05) is 12.8 Å². The number of hydrazine groups is 1. The van der Waals surface area contributed by atoms with Crippen molar-refractivity contribution in [2.75, 3.05) is 13.1 Å². The molecule has 1 fully saturated rings. The highest BCUT2D eigenvalue weighted by Crippen LogP contribution is 2.25. The second-order valence-corrected chi connectivity index (χ2v) is 6.84. The maximum absolute atomic E-state index is 5.88. The predicted molar refractivity (Wildman–Crippen MR) is 86.8 cm³/mol. The van der Waals surface area contributed by atoms with E-state index in [0.717, 1.165) is 12.8 Å². The van der Waals surface area contributed by atoms with Crippen LogP contribution in [0.2, 0.25) is 0 Å². The molecule has 5 heteroatoms. The molecule has 1 aromatic rings. The Kier molecular flexibility index (Phi) is 5.79. The molecule has 1 unspecified atom stereocenters. The summed E-state index contributed by atoms with van der Waals surface area (Å²) in [5, 5.41) is 4.24. The summed E-state index contributed by atoms with van der Waals surface area (Å²) >= 11 is 0. The highest BCUT2D eigenvalue weighted by molar-refractivity contribution is 5.05. The molecule has 1 aliphatic rings. The molecular formula is C16H31N5. The standard InChI is InChI=1S/C16H31N5/c1-16(2,21-10-6-4-5-7-11-21)15(19-17)9-8-14-12-18-20(3)13-14/h12-13,15,19H,4-11,17H2,1-3H3. The van der Waals surface area contributed by atoms with Crippen molar-refractivity contribution in [3.05, 3.63) is 18.0 Å². The van der Waals surface area contributed by atoms with E-state index in [1.165, 1.54) is 44.3 Å². The molecule has 0 amide bonds. The van der Waals surface area contributed by atoms with Crippen molar-refractivity contribution in [3.63, 3.8) is 0 Å². The second-order valence-electron chi connectivity index (χ2n) is 6.84. The first-order chi connectivity index (χ1) is 10.0. The molecule has 0 aromatic carbocycles. The fourth-order valence-corrected chi connectivity index (χ4v) is 3.42. The van der Waals surface area contributed by atoms with Crippen molar-refractivity contribution in [1.82, 2.24) is 20.1 Å². The van der Waals surface area contributed by atoms with Gasteiger partial charge in [-0.25, -0.2) is 0 Å².